The van der Waals surface area contributed by atoms with Crippen LogP contribution in [0.3, 0.4) is 0 Å². The number of likely N-dealkylation sites (tertiary alicyclic amines) is 1. The van der Waals surface area contributed by atoms with Gasteiger partial charge in [0.15, 0.2) is 0 Å². The molecule has 1 fully saturated rings. The first-order valence-electron chi connectivity index (χ1n) is 8.66. The molecule has 0 aliphatic carbocycles. The van der Waals surface area contributed by atoms with Gasteiger partial charge >= 0.3 is 0 Å². The zero-order valence-corrected chi connectivity index (χ0v) is 15.2. The predicted octanol–water partition coefficient (Wildman–Crippen LogP) is 2.82. The zero-order chi connectivity index (χ0) is 18.2. The van der Waals surface area contributed by atoms with E-state index in [1.165, 1.54) is 0 Å². The van der Waals surface area contributed by atoms with E-state index in [2.05, 4.69) is 10.6 Å². The molecule has 3 amide bonds. The minimum absolute atomic E-state index is 0.000318. The molecule has 0 unspecified atom stereocenters. The van der Waals surface area contributed by atoms with Gasteiger partial charge in [-0.3, -0.25) is 14.4 Å². The van der Waals surface area contributed by atoms with Crippen LogP contribution in [-0.4, -0.2) is 42.3 Å². The van der Waals surface area contributed by atoms with Crippen LogP contribution in [0.4, 0.5) is 5.69 Å². The maximum atomic E-state index is 12.4. The average Bonchev–Trinajstić information content (AvgIpc) is 2.77. The molecule has 1 aliphatic heterocycles. The Bertz CT molecular complexity index is 648. The minimum Gasteiger partial charge on any atom is -0.352 e. The summed E-state index contributed by atoms with van der Waals surface area (Å²) >= 11 is 6.00. The molecule has 1 heterocycles. The lowest BCUT2D eigenvalue weighted by Crippen LogP contribution is -2.38. The first-order valence-corrected chi connectivity index (χ1v) is 9.04. The van der Waals surface area contributed by atoms with Crippen LogP contribution in [0.5, 0.6) is 0 Å². The van der Waals surface area contributed by atoms with Gasteiger partial charge in [0.1, 0.15) is 0 Å². The Balaban J connectivity index is 2.07. The molecule has 136 valence electrons. The number of hydrogen-bond donors (Lipinski definition) is 2. The topological polar surface area (TPSA) is 78.5 Å². The third kappa shape index (κ3) is 5.74. The number of benzene rings is 1. The summed E-state index contributed by atoms with van der Waals surface area (Å²) in [4.78, 5) is 38.2. The highest BCUT2D eigenvalue weighted by atomic mass is 35.5. The predicted molar refractivity (Wildman–Crippen MR) is 97.8 cm³/mol. The number of nitrogens with zero attached hydrogens (tertiary/aromatic N) is 1. The summed E-state index contributed by atoms with van der Waals surface area (Å²) in [7, 11) is 0. The van der Waals surface area contributed by atoms with Gasteiger partial charge in [-0.05, 0) is 37.5 Å². The van der Waals surface area contributed by atoms with Crippen molar-refractivity contribution in [2.75, 3.05) is 25.0 Å². The first kappa shape index (κ1) is 19.2. The van der Waals surface area contributed by atoms with Gasteiger partial charge in [0, 0.05) is 24.5 Å². The Labute approximate surface area is 152 Å². The quantitative estimate of drug-likeness (QED) is 0.813. The fraction of sp³-hybridized carbons (Fsp3) is 0.500. The Hall–Kier alpha value is -2.08. The summed E-state index contributed by atoms with van der Waals surface area (Å²) in [6.45, 7) is 3.09. The summed E-state index contributed by atoms with van der Waals surface area (Å²) in [6, 6.07) is 4.74. The molecule has 1 aromatic carbocycles. The Morgan fingerprint density at radius 1 is 1.24 bits per heavy atom. The normalized spacial score (nSPS) is 14.8. The van der Waals surface area contributed by atoms with E-state index < -0.39 is 0 Å². The van der Waals surface area contributed by atoms with Crippen molar-refractivity contribution in [3.63, 3.8) is 0 Å². The number of carbonyl (C=O) groups is 3. The van der Waals surface area contributed by atoms with Crippen molar-refractivity contribution in [1.29, 1.82) is 0 Å². The second-order valence-electron chi connectivity index (χ2n) is 6.12. The molecule has 0 aromatic heterocycles. The molecule has 1 aromatic rings. The van der Waals surface area contributed by atoms with Crippen LogP contribution in [0.1, 0.15) is 49.4 Å². The summed E-state index contributed by atoms with van der Waals surface area (Å²) < 4.78 is 0. The number of halogens is 1. The zero-order valence-electron chi connectivity index (χ0n) is 14.4. The van der Waals surface area contributed by atoms with Gasteiger partial charge in [-0.15, -0.1) is 0 Å². The summed E-state index contributed by atoms with van der Waals surface area (Å²) in [5, 5.41) is 5.92. The molecule has 7 heteroatoms. The molecule has 6 nitrogen and oxygen atoms in total. The van der Waals surface area contributed by atoms with E-state index in [1.807, 2.05) is 6.92 Å². The van der Waals surface area contributed by atoms with Crippen molar-refractivity contribution in [3.8, 4) is 0 Å². The highest BCUT2D eigenvalue weighted by molar-refractivity contribution is 6.31. The summed E-state index contributed by atoms with van der Waals surface area (Å²) in [5.41, 5.74) is 0.710. The second kappa shape index (κ2) is 9.42. The van der Waals surface area contributed by atoms with Crippen LogP contribution in [-0.2, 0) is 9.59 Å². The van der Waals surface area contributed by atoms with Crippen molar-refractivity contribution in [2.45, 2.75) is 39.0 Å². The van der Waals surface area contributed by atoms with Gasteiger partial charge in [0.25, 0.3) is 5.91 Å². The maximum Gasteiger partial charge on any atom is 0.253 e. The molecule has 25 heavy (non-hydrogen) atoms. The molecule has 0 radical (unpaired) electrons. The number of carbonyl (C=O) groups excluding carboxylic acids is 3. The fourth-order valence-electron chi connectivity index (χ4n) is 2.72. The molecular formula is C18H24ClN3O3. The second-order valence-corrected chi connectivity index (χ2v) is 6.56. The smallest absolute Gasteiger partial charge is 0.253 e. The largest absolute Gasteiger partial charge is 0.352 e. The van der Waals surface area contributed by atoms with Gasteiger partial charge in [0.2, 0.25) is 11.8 Å². The number of anilines is 1. The van der Waals surface area contributed by atoms with E-state index in [1.54, 1.807) is 23.1 Å². The SMILES string of the molecule is CCCNC(=O)c1ccc(Cl)cc1NC(=O)CN1CCCCCC1=O. The van der Waals surface area contributed by atoms with Crippen LogP contribution < -0.4 is 10.6 Å². The minimum atomic E-state index is -0.331. The number of amides is 3. The third-order valence-corrected chi connectivity index (χ3v) is 4.28. The summed E-state index contributed by atoms with van der Waals surface area (Å²) in [5.74, 6) is -0.596. The summed E-state index contributed by atoms with van der Waals surface area (Å²) in [6.07, 6.45) is 4.07. The van der Waals surface area contributed by atoms with E-state index >= 15 is 0 Å². The van der Waals surface area contributed by atoms with E-state index in [0.29, 0.717) is 35.8 Å². The standard InChI is InChI=1S/C18H24ClN3O3/c1-2-9-20-18(25)14-8-7-13(19)11-15(14)21-16(23)12-22-10-5-3-4-6-17(22)24/h7-8,11H,2-6,9-10,12H2,1H3,(H,20,25)(H,21,23). The maximum absolute atomic E-state index is 12.4. The highest BCUT2D eigenvalue weighted by Gasteiger charge is 2.20. The highest BCUT2D eigenvalue weighted by Crippen LogP contribution is 2.21. The van der Waals surface area contributed by atoms with Crippen molar-refractivity contribution >= 4 is 35.0 Å². The van der Waals surface area contributed by atoms with Crippen molar-refractivity contribution in [2.24, 2.45) is 0 Å². The van der Waals surface area contributed by atoms with E-state index in [-0.39, 0.29) is 24.3 Å². The van der Waals surface area contributed by atoms with Crippen molar-refractivity contribution in [3.05, 3.63) is 28.8 Å². The monoisotopic (exact) mass is 365 g/mol. The number of nitrogens with one attached hydrogen (secondary N) is 2. The van der Waals surface area contributed by atoms with Gasteiger partial charge < -0.3 is 15.5 Å². The Morgan fingerprint density at radius 3 is 2.80 bits per heavy atom. The van der Waals surface area contributed by atoms with Crippen LogP contribution in [0.2, 0.25) is 5.02 Å². The van der Waals surface area contributed by atoms with E-state index in [9.17, 15) is 14.4 Å². The molecule has 0 spiro atoms. The molecule has 2 rings (SSSR count). The lowest BCUT2D eigenvalue weighted by Gasteiger charge is -2.20. The fourth-order valence-corrected chi connectivity index (χ4v) is 2.89. The Kier molecular flexibility index (Phi) is 7.25. The molecule has 0 atom stereocenters. The molecule has 0 bridgehead atoms. The van der Waals surface area contributed by atoms with Gasteiger partial charge in [0.05, 0.1) is 17.8 Å². The molecule has 0 saturated carbocycles. The average molecular weight is 366 g/mol. The van der Waals surface area contributed by atoms with Crippen LogP contribution in [0.15, 0.2) is 18.2 Å². The lowest BCUT2D eigenvalue weighted by molar-refractivity contribution is -0.134. The van der Waals surface area contributed by atoms with Crippen LogP contribution in [0.25, 0.3) is 0 Å². The van der Waals surface area contributed by atoms with Crippen molar-refractivity contribution < 1.29 is 14.4 Å². The molecular weight excluding hydrogens is 342 g/mol. The van der Waals surface area contributed by atoms with Gasteiger partial charge in [-0.1, -0.05) is 24.9 Å². The molecule has 2 N–H and O–H groups in total. The number of hydrogen-bond acceptors (Lipinski definition) is 3. The van der Waals surface area contributed by atoms with Gasteiger partial charge in [-0.25, -0.2) is 0 Å². The first-order chi connectivity index (χ1) is 12.0. The van der Waals surface area contributed by atoms with Crippen LogP contribution in [0, 0.1) is 0 Å². The number of rotatable bonds is 6. The van der Waals surface area contributed by atoms with Gasteiger partial charge in [-0.2, -0.15) is 0 Å². The molecule has 1 saturated heterocycles. The van der Waals surface area contributed by atoms with E-state index in [4.69, 9.17) is 11.6 Å². The third-order valence-electron chi connectivity index (χ3n) is 4.04. The van der Waals surface area contributed by atoms with Crippen molar-refractivity contribution in [1.82, 2.24) is 10.2 Å². The van der Waals surface area contributed by atoms with E-state index in [0.717, 1.165) is 25.7 Å². The molecule has 1 aliphatic rings. The Morgan fingerprint density at radius 2 is 2.04 bits per heavy atom. The lowest BCUT2D eigenvalue weighted by atomic mass is 10.1. The van der Waals surface area contributed by atoms with Crippen LogP contribution >= 0.6 is 11.6 Å².